The van der Waals surface area contributed by atoms with E-state index >= 15 is 0 Å². The molecule has 1 aliphatic heterocycles. The van der Waals surface area contributed by atoms with E-state index in [9.17, 15) is 0 Å². The molecule has 0 radical (unpaired) electrons. The summed E-state index contributed by atoms with van der Waals surface area (Å²) >= 11 is 3.59. The van der Waals surface area contributed by atoms with Crippen molar-refractivity contribution >= 4 is 15.9 Å². The molecule has 1 spiro atoms. The van der Waals surface area contributed by atoms with Crippen LogP contribution < -0.4 is 5.32 Å². The third kappa shape index (κ3) is 2.13. The average Bonchev–Trinajstić information content (AvgIpc) is 2.35. The molecule has 0 aromatic heterocycles. The van der Waals surface area contributed by atoms with Gasteiger partial charge in [-0.2, -0.15) is 0 Å². The van der Waals surface area contributed by atoms with Gasteiger partial charge in [0.1, 0.15) is 0 Å². The van der Waals surface area contributed by atoms with E-state index < -0.39 is 0 Å². The lowest BCUT2D eigenvalue weighted by Gasteiger charge is -2.54. The largest absolute Gasteiger partial charge is 0.381 e. The van der Waals surface area contributed by atoms with Gasteiger partial charge in [0, 0.05) is 24.0 Å². The highest BCUT2D eigenvalue weighted by Gasteiger charge is 2.51. The summed E-state index contributed by atoms with van der Waals surface area (Å²) < 4.78 is 6.68. The van der Waals surface area contributed by atoms with Crippen molar-refractivity contribution in [2.24, 2.45) is 5.41 Å². The van der Waals surface area contributed by atoms with Crippen LogP contribution in [0.3, 0.4) is 0 Å². The first kappa shape index (κ1) is 12.6. The summed E-state index contributed by atoms with van der Waals surface area (Å²) in [5, 5.41) is 3.55. The zero-order valence-corrected chi connectivity index (χ0v) is 12.4. The summed E-state index contributed by atoms with van der Waals surface area (Å²) in [4.78, 5) is 0. The molecule has 1 heterocycles. The minimum absolute atomic E-state index is 0.479. The lowest BCUT2D eigenvalue weighted by molar-refractivity contribution is -0.0851. The topological polar surface area (TPSA) is 21.3 Å². The number of piperidine rings is 1. The summed E-state index contributed by atoms with van der Waals surface area (Å²) in [7, 11) is 1.84. The minimum Gasteiger partial charge on any atom is -0.381 e. The number of rotatable bonds is 2. The number of benzene rings is 1. The molecular weight excluding hydrogens is 290 g/mol. The SMILES string of the molecule is COC1CC2(CCNCC2c2cccc(Br)c2)C1. The first-order valence-corrected chi connectivity index (χ1v) is 7.52. The Kier molecular flexibility index (Phi) is 3.48. The summed E-state index contributed by atoms with van der Waals surface area (Å²) in [6.07, 6.45) is 4.21. The highest BCUT2D eigenvalue weighted by atomic mass is 79.9. The van der Waals surface area contributed by atoms with Gasteiger partial charge in [-0.05, 0) is 48.9 Å². The van der Waals surface area contributed by atoms with Crippen molar-refractivity contribution in [1.82, 2.24) is 5.32 Å². The van der Waals surface area contributed by atoms with E-state index in [-0.39, 0.29) is 0 Å². The Bertz CT molecular complexity index is 428. The molecule has 2 fully saturated rings. The standard InChI is InChI=1S/C15H20BrNO/c1-18-13-8-15(9-13)5-6-17-10-14(15)11-3-2-4-12(16)7-11/h2-4,7,13-14,17H,5-6,8-10H2,1H3. The van der Waals surface area contributed by atoms with Crippen LogP contribution in [0.2, 0.25) is 0 Å². The van der Waals surface area contributed by atoms with Crippen LogP contribution in [0.5, 0.6) is 0 Å². The maximum atomic E-state index is 5.49. The van der Waals surface area contributed by atoms with Gasteiger partial charge in [-0.3, -0.25) is 0 Å². The van der Waals surface area contributed by atoms with Gasteiger partial charge in [0.05, 0.1) is 6.10 Å². The second-order valence-corrected chi connectivity index (χ2v) is 6.61. The quantitative estimate of drug-likeness (QED) is 0.905. The average molecular weight is 310 g/mol. The lowest BCUT2D eigenvalue weighted by atomic mass is 9.55. The van der Waals surface area contributed by atoms with Crippen LogP contribution in [0, 0.1) is 5.41 Å². The van der Waals surface area contributed by atoms with E-state index in [1.165, 1.54) is 29.3 Å². The van der Waals surface area contributed by atoms with Crippen molar-refractivity contribution in [2.45, 2.75) is 31.3 Å². The number of hydrogen-bond acceptors (Lipinski definition) is 2. The van der Waals surface area contributed by atoms with E-state index in [1.807, 2.05) is 7.11 Å². The molecule has 2 aliphatic rings. The Labute approximate surface area is 117 Å². The van der Waals surface area contributed by atoms with Crippen molar-refractivity contribution in [3.63, 3.8) is 0 Å². The second-order valence-electron chi connectivity index (χ2n) is 5.69. The molecule has 1 unspecified atom stereocenters. The molecule has 0 amide bonds. The van der Waals surface area contributed by atoms with Crippen molar-refractivity contribution < 1.29 is 4.74 Å². The summed E-state index contributed by atoms with van der Waals surface area (Å²) in [6.45, 7) is 2.26. The molecule has 1 atom stereocenters. The Morgan fingerprint density at radius 3 is 2.94 bits per heavy atom. The monoisotopic (exact) mass is 309 g/mol. The van der Waals surface area contributed by atoms with E-state index in [1.54, 1.807) is 0 Å². The van der Waals surface area contributed by atoms with Gasteiger partial charge >= 0.3 is 0 Å². The normalized spacial score (nSPS) is 35.4. The van der Waals surface area contributed by atoms with Crippen molar-refractivity contribution in [2.75, 3.05) is 20.2 Å². The molecule has 1 aliphatic carbocycles. The van der Waals surface area contributed by atoms with Crippen LogP contribution in [-0.4, -0.2) is 26.3 Å². The predicted molar refractivity (Wildman–Crippen MR) is 76.8 cm³/mol. The first-order valence-electron chi connectivity index (χ1n) is 6.72. The number of ether oxygens (including phenoxy) is 1. The molecule has 98 valence electrons. The summed E-state index contributed by atoms with van der Waals surface area (Å²) in [5.41, 5.74) is 1.94. The van der Waals surface area contributed by atoms with Crippen LogP contribution >= 0.6 is 15.9 Å². The summed E-state index contributed by atoms with van der Waals surface area (Å²) in [6, 6.07) is 8.79. The van der Waals surface area contributed by atoms with Crippen LogP contribution in [0.1, 0.15) is 30.7 Å². The van der Waals surface area contributed by atoms with Gasteiger partial charge in [0.25, 0.3) is 0 Å². The van der Waals surface area contributed by atoms with Gasteiger partial charge in [0.15, 0.2) is 0 Å². The van der Waals surface area contributed by atoms with Crippen molar-refractivity contribution in [1.29, 1.82) is 0 Å². The highest BCUT2D eigenvalue weighted by Crippen LogP contribution is 2.55. The molecule has 18 heavy (non-hydrogen) atoms. The molecule has 1 saturated carbocycles. The first-order chi connectivity index (χ1) is 8.73. The van der Waals surface area contributed by atoms with Gasteiger partial charge in [-0.1, -0.05) is 28.1 Å². The summed E-state index contributed by atoms with van der Waals surface area (Å²) in [5.74, 6) is 0.634. The van der Waals surface area contributed by atoms with Crippen LogP contribution in [0.15, 0.2) is 28.7 Å². The van der Waals surface area contributed by atoms with Crippen LogP contribution in [0.4, 0.5) is 0 Å². The molecule has 1 saturated heterocycles. The second kappa shape index (κ2) is 4.95. The fourth-order valence-corrected chi connectivity index (χ4v) is 4.09. The Balaban J connectivity index is 1.85. The molecule has 0 bridgehead atoms. The Morgan fingerprint density at radius 2 is 2.22 bits per heavy atom. The molecule has 3 heteroatoms. The van der Waals surface area contributed by atoms with E-state index in [2.05, 4.69) is 45.5 Å². The number of hydrogen-bond donors (Lipinski definition) is 1. The van der Waals surface area contributed by atoms with Gasteiger partial charge < -0.3 is 10.1 Å². The fourth-order valence-electron chi connectivity index (χ4n) is 3.67. The van der Waals surface area contributed by atoms with Gasteiger partial charge in [-0.15, -0.1) is 0 Å². The van der Waals surface area contributed by atoms with E-state index in [0.29, 0.717) is 17.4 Å². The Morgan fingerprint density at radius 1 is 1.39 bits per heavy atom. The smallest absolute Gasteiger partial charge is 0.0582 e. The van der Waals surface area contributed by atoms with E-state index in [0.717, 1.165) is 13.1 Å². The minimum atomic E-state index is 0.479. The van der Waals surface area contributed by atoms with Gasteiger partial charge in [-0.25, -0.2) is 0 Å². The Hall–Kier alpha value is -0.380. The molecule has 1 aromatic rings. The molecule has 1 aromatic carbocycles. The van der Waals surface area contributed by atoms with Crippen LogP contribution in [-0.2, 0) is 4.74 Å². The maximum Gasteiger partial charge on any atom is 0.0582 e. The third-order valence-electron chi connectivity index (χ3n) is 4.74. The fraction of sp³-hybridized carbons (Fsp3) is 0.600. The van der Waals surface area contributed by atoms with Crippen molar-refractivity contribution in [3.8, 4) is 0 Å². The maximum absolute atomic E-state index is 5.49. The zero-order chi connectivity index (χ0) is 12.6. The number of halogens is 1. The molecule has 3 rings (SSSR count). The lowest BCUT2D eigenvalue weighted by Crippen LogP contribution is -2.53. The molecule has 2 nitrogen and oxygen atoms in total. The third-order valence-corrected chi connectivity index (χ3v) is 5.23. The molecule has 1 N–H and O–H groups in total. The highest BCUT2D eigenvalue weighted by molar-refractivity contribution is 9.10. The van der Waals surface area contributed by atoms with Gasteiger partial charge in [0.2, 0.25) is 0 Å². The van der Waals surface area contributed by atoms with E-state index in [4.69, 9.17) is 4.74 Å². The van der Waals surface area contributed by atoms with Crippen LogP contribution in [0.25, 0.3) is 0 Å². The molecular formula is C15H20BrNO. The number of methoxy groups -OCH3 is 1. The predicted octanol–water partition coefficient (Wildman–Crippen LogP) is 3.32. The number of nitrogens with one attached hydrogen (secondary N) is 1. The zero-order valence-electron chi connectivity index (χ0n) is 10.8. The van der Waals surface area contributed by atoms with Crippen molar-refractivity contribution in [3.05, 3.63) is 34.3 Å².